The number of nitrogens with two attached hydrogens (primary N) is 2. The lowest BCUT2D eigenvalue weighted by atomic mass is 10.1. The minimum atomic E-state index is -1.77. The Bertz CT molecular complexity index is 665. The monoisotopic (exact) mass is 419 g/mol. The maximum Gasteiger partial charge on any atom is 0.328 e. The standard InChI is InChI=1S/C15H25N5O9/c1-5(16)12(25)18-7(3-9(17)22)13(26)19-8(4-10(23)24)14(27)20-11(6(2)21)15(28)29/h5-8,11,21H,3-4,16H2,1-2H3,(H2,17,22)(H,18,25)(H,19,26)(H,20,27)(H,23,24)(H,28,29). The molecule has 0 spiro atoms. The SMILES string of the molecule is CC(N)C(=O)NC(CC(N)=O)C(=O)NC(CC(=O)O)C(=O)NC(C(=O)O)C(C)O. The molecule has 0 radical (unpaired) electrons. The van der Waals surface area contributed by atoms with Crippen molar-refractivity contribution in [3.63, 3.8) is 0 Å². The van der Waals surface area contributed by atoms with Crippen LogP contribution in [-0.4, -0.2) is 81.2 Å². The Balaban J connectivity index is 5.48. The zero-order chi connectivity index (χ0) is 22.9. The number of carbonyl (C=O) groups is 6. The molecule has 164 valence electrons. The smallest absolute Gasteiger partial charge is 0.328 e. The van der Waals surface area contributed by atoms with Gasteiger partial charge in [-0.1, -0.05) is 0 Å². The lowest BCUT2D eigenvalue weighted by molar-refractivity contribution is -0.146. The van der Waals surface area contributed by atoms with Crippen LogP contribution in [0.5, 0.6) is 0 Å². The molecule has 4 amide bonds. The Labute approximate surface area is 165 Å². The van der Waals surface area contributed by atoms with Crippen molar-refractivity contribution < 1.29 is 44.1 Å². The summed E-state index contributed by atoms with van der Waals surface area (Å²) in [6.45, 7) is 2.38. The van der Waals surface area contributed by atoms with Crippen molar-refractivity contribution >= 4 is 35.6 Å². The second-order valence-electron chi connectivity index (χ2n) is 6.24. The predicted octanol–water partition coefficient (Wildman–Crippen LogP) is -4.40. The van der Waals surface area contributed by atoms with Crippen LogP contribution in [0, 0.1) is 0 Å². The largest absolute Gasteiger partial charge is 0.481 e. The van der Waals surface area contributed by atoms with Crippen molar-refractivity contribution in [2.75, 3.05) is 0 Å². The van der Waals surface area contributed by atoms with Crippen LogP contribution in [0.4, 0.5) is 0 Å². The van der Waals surface area contributed by atoms with Gasteiger partial charge in [0.15, 0.2) is 6.04 Å². The van der Waals surface area contributed by atoms with E-state index in [2.05, 4.69) is 5.32 Å². The van der Waals surface area contributed by atoms with E-state index >= 15 is 0 Å². The summed E-state index contributed by atoms with van der Waals surface area (Å²) in [5, 5.41) is 33.4. The molecule has 0 saturated carbocycles. The lowest BCUT2D eigenvalue weighted by Crippen LogP contribution is -2.59. The molecule has 5 atom stereocenters. The maximum atomic E-state index is 12.4. The Morgan fingerprint density at radius 3 is 1.66 bits per heavy atom. The van der Waals surface area contributed by atoms with Gasteiger partial charge in [-0.05, 0) is 13.8 Å². The summed E-state index contributed by atoms with van der Waals surface area (Å²) in [7, 11) is 0. The van der Waals surface area contributed by atoms with Crippen LogP contribution in [0.2, 0.25) is 0 Å². The fourth-order valence-electron chi connectivity index (χ4n) is 2.01. The van der Waals surface area contributed by atoms with E-state index in [1.807, 2.05) is 10.6 Å². The van der Waals surface area contributed by atoms with Crippen LogP contribution in [0.3, 0.4) is 0 Å². The highest BCUT2D eigenvalue weighted by molar-refractivity contribution is 5.97. The molecular weight excluding hydrogens is 394 g/mol. The first-order valence-corrected chi connectivity index (χ1v) is 8.33. The molecule has 14 heteroatoms. The van der Waals surface area contributed by atoms with E-state index in [0.717, 1.165) is 6.92 Å². The Morgan fingerprint density at radius 2 is 1.28 bits per heavy atom. The van der Waals surface area contributed by atoms with Gasteiger partial charge in [0, 0.05) is 0 Å². The normalized spacial score (nSPS) is 15.7. The summed E-state index contributed by atoms with van der Waals surface area (Å²) in [5.74, 6) is -7.24. The fourth-order valence-corrected chi connectivity index (χ4v) is 2.01. The molecule has 0 aliphatic rings. The maximum absolute atomic E-state index is 12.4. The van der Waals surface area contributed by atoms with Gasteiger partial charge in [-0.2, -0.15) is 0 Å². The van der Waals surface area contributed by atoms with Gasteiger partial charge in [-0.15, -0.1) is 0 Å². The summed E-state index contributed by atoms with van der Waals surface area (Å²) < 4.78 is 0. The molecule has 0 bridgehead atoms. The summed E-state index contributed by atoms with van der Waals surface area (Å²) in [6.07, 6.45) is -3.14. The van der Waals surface area contributed by atoms with E-state index in [-0.39, 0.29) is 0 Å². The highest BCUT2D eigenvalue weighted by atomic mass is 16.4. The second-order valence-corrected chi connectivity index (χ2v) is 6.24. The molecule has 0 aromatic rings. The van der Waals surface area contributed by atoms with Crippen molar-refractivity contribution in [2.45, 2.75) is 57.0 Å². The number of aliphatic hydroxyl groups excluding tert-OH is 1. The van der Waals surface area contributed by atoms with Gasteiger partial charge in [0.2, 0.25) is 23.6 Å². The molecule has 0 aromatic heterocycles. The number of primary amides is 1. The van der Waals surface area contributed by atoms with Crippen LogP contribution in [0.15, 0.2) is 0 Å². The molecule has 0 aromatic carbocycles. The number of nitrogens with one attached hydrogen (secondary N) is 3. The minimum absolute atomic E-state index is 0.670. The number of carboxylic acid groups (broad SMARTS) is 2. The molecule has 0 heterocycles. The first-order chi connectivity index (χ1) is 13.3. The second kappa shape index (κ2) is 11.6. The number of hydrogen-bond donors (Lipinski definition) is 8. The number of carbonyl (C=O) groups excluding carboxylic acids is 4. The van der Waals surface area contributed by atoms with Gasteiger partial charge < -0.3 is 42.7 Å². The third kappa shape index (κ3) is 9.48. The van der Waals surface area contributed by atoms with Gasteiger partial charge in [0.05, 0.1) is 25.0 Å². The minimum Gasteiger partial charge on any atom is -0.481 e. The van der Waals surface area contributed by atoms with E-state index < -0.39 is 78.7 Å². The van der Waals surface area contributed by atoms with Crippen molar-refractivity contribution in [3.8, 4) is 0 Å². The molecule has 0 saturated heterocycles. The number of amides is 4. The third-order valence-corrected chi connectivity index (χ3v) is 3.51. The van der Waals surface area contributed by atoms with Crippen LogP contribution in [-0.2, 0) is 28.8 Å². The zero-order valence-electron chi connectivity index (χ0n) is 15.7. The zero-order valence-corrected chi connectivity index (χ0v) is 15.7. The van der Waals surface area contributed by atoms with Gasteiger partial charge in [0.1, 0.15) is 12.1 Å². The first-order valence-electron chi connectivity index (χ1n) is 8.33. The van der Waals surface area contributed by atoms with Crippen molar-refractivity contribution in [1.29, 1.82) is 0 Å². The summed E-state index contributed by atoms with van der Waals surface area (Å²) >= 11 is 0. The quantitative estimate of drug-likeness (QED) is 0.151. The Kier molecular flexibility index (Phi) is 10.3. The van der Waals surface area contributed by atoms with E-state index in [1.165, 1.54) is 6.92 Å². The van der Waals surface area contributed by atoms with Gasteiger partial charge in [-0.25, -0.2) is 4.79 Å². The molecule has 0 fully saturated rings. The molecule has 0 aliphatic heterocycles. The molecular formula is C15H25N5O9. The fraction of sp³-hybridized carbons (Fsp3) is 0.600. The highest BCUT2D eigenvalue weighted by Gasteiger charge is 2.33. The Morgan fingerprint density at radius 1 is 0.828 bits per heavy atom. The molecule has 29 heavy (non-hydrogen) atoms. The van der Waals surface area contributed by atoms with Gasteiger partial charge in [-0.3, -0.25) is 24.0 Å². The molecule has 14 nitrogen and oxygen atoms in total. The lowest BCUT2D eigenvalue weighted by Gasteiger charge is -2.24. The summed E-state index contributed by atoms with van der Waals surface area (Å²) in [5.41, 5.74) is 10.4. The number of hydrogen-bond acceptors (Lipinski definition) is 8. The molecule has 0 rings (SSSR count). The van der Waals surface area contributed by atoms with Crippen molar-refractivity contribution in [2.24, 2.45) is 11.5 Å². The van der Waals surface area contributed by atoms with Crippen molar-refractivity contribution in [1.82, 2.24) is 16.0 Å². The van der Waals surface area contributed by atoms with Crippen LogP contribution >= 0.6 is 0 Å². The summed E-state index contributed by atoms with van der Waals surface area (Å²) in [4.78, 5) is 69.5. The average Bonchev–Trinajstić information content (AvgIpc) is 2.56. The predicted molar refractivity (Wildman–Crippen MR) is 94.8 cm³/mol. The third-order valence-electron chi connectivity index (χ3n) is 3.51. The first kappa shape index (κ1) is 25.7. The van der Waals surface area contributed by atoms with Crippen LogP contribution in [0.1, 0.15) is 26.7 Å². The van der Waals surface area contributed by atoms with Crippen LogP contribution < -0.4 is 27.4 Å². The van der Waals surface area contributed by atoms with E-state index in [4.69, 9.17) is 21.7 Å². The van der Waals surface area contributed by atoms with E-state index in [9.17, 15) is 33.9 Å². The highest BCUT2D eigenvalue weighted by Crippen LogP contribution is 2.01. The topological polar surface area (TPSA) is 251 Å². The number of rotatable bonds is 12. The van der Waals surface area contributed by atoms with Gasteiger partial charge in [0.25, 0.3) is 0 Å². The average molecular weight is 419 g/mol. The summed E-state index contributed by atoms with van der Waals surface area (Å²) in [6, 6.07) is -6.14. The number of aliphatic carboxylic acids is 2. The number of carboxylic acids is 2. The Hall–Kier alpha value is -3.26. The van der Waals surface area contributed by atoms with Gasteiger partial charge >= 0.3 is 11.9 Å². The molecule has 0 aliphatic carbocycles. The van der Waals surface area contributed by atoms with Crippen molar-refractivity contribution in [3.05, 3.63) is 0 Å². The van der Waals surface area contributed by atoms with E-state index in [1.54, 1.807) is 0 Å². The van der Waals surface area contributed by atoms with Crippen LogP contribution in [0.25, 0.3) is 0 Å². The molecule has 10 N–H and O–H groups in total. The molecule has 5 unspecified atom stereocenters. The van der Waals surface area contributed by atoms with E-state index in [0.29, 0.717) is 0 Å². The number of aliphatic hydroxyl groups is 1.